The highest BCUT2D eigenvalue weighted by Gasteiger charge is 2.13. The maximum absolute atomic E-state index is 9.89. The molecular formula is C12H19ClN2O. The Bertz CT molecular complexity index is 355. The molecule has 1 atom stereocenters. The van der Waals surface area contributed by atoms with E-state index >= 15 is 0 Å². The van der Waals surface area contributed by atoms with Crippen LogP contribution in [0.15, 0.2) is 12.1 Å². The van der Waals surface area contributed by atoms with Gasteiger partial charge in [0.2, 0.25) is 0 Å². The summed E-state index contributed by atoms with van der Waals surface area (Å²) in [5, 5.41) is 10.5. The van der Waals surface area contributed by atoms with Gasteiger partial charge in [-0.25, -0.2) is 0 Å². The summed E-state index contributed by atoms with van der Waals surface area (Å²) >= 11 is 5.94. The second-order valence-corrected chi connectivity index (χ2v) is 4.49. The van der Waals surface area contributed by atoms with Crippen LogP contribution in [0.4, 0.5) is 0 Å². The van der Waals surface area contributed by atoms with Crippen LogP contribution in [0.5, 0.6) is 5.75 Å². The van der Waals surface area contributed by atoms with Gasteiger partial charge in [-0.3, -0.25) is 0 Å². The normalized spacial score (nSPS) is 12.8. The fraction of sp³-hybridized carbons (Fsp3) is 0.500. The van der Waals surface area contributed by atoms with Gasteiger partial charge in [-0.05, 0) is 44.0 Å². The highest BCUT2D eigenvalue weighted by atomic mass is 35.5. The van der Waals surface area contributed by atoms with E-state index < -0.39 is 0 Å². The Hall–Kier alpha value is -0.770. The summed E-state index contributed by atoms with van der Waals surface area (Å²) in [6, 6.07) is 3.29. The second-order valence-electron chi connectivity index (χ2n) is 4.05. The summed E-state index contributed by atoms with van der Waals surface area (Å²) in [6.45, 7) is 2.49. The number of hydrogen-bond donors (Lipinski definition) is 3. The Labute approximate surface area is 101 Å². The van der Waals surface area contributed by atoms with Crippen LogP contribution in [0, 0.1) is 6.92 Å². The second kappa shape index (κ2) is 6.09. The number of nitrogens with two attached hydrogens (primary N) is 2. The molecule has 0 amide bonds. The molecule has 1 rings (SSSR count). The molecule has 0 spiro atoms. The van der Waals surface area contributed by atoms with Gasteiger partial charge >= 0.3 is 0 Å². The molecule has 90 valence electrons. The standard InChI is InChI=1S/C12H19ClN2O/c1-8-6-9(13)7-10(12(8)16)11(15)4-2-3-5-14/h6-7,11,16H,2-5,14-15H2,1H3/t11-/m1/s1. The van der Waals surface area contributed by atoms with Gasteiger partial charge in [0.1, 0.15) is 5.75 Å². The van der Waals surface area contributed by atoms with Crippen LogP contribution in [-0.4, -0.2) is 11.7 Å². The first-order chi connectivity index (χ1) is 7.56. The van der Waals surface area contributed by atoms with Gasteiger partial charge in [-0.15, -0.1) is 0 Å². The van der Waals surface area contributed by atoms with Gasteiger partial charge in [0, 0.05) is 16.6 Å². The number of phenols is 1. The first-order valence-corrected chi connectivity index (χ1v) is 5.88. The van der Waals surface area contributed by atoms with E-state index in [1.807, 2.05) is 6.92 Å². The number of rotatable bonds is 5. The van der Waals surface area contributed by atoms with Gasteiger partial charge < -0.3 is 16.6 Å². The molecule has 0 aliphatic heterocycles. The third-order valence-corrected chi connectivity index (χ3v) is 2.88. The van der Waals surface area contributed by atoms with Gasteiger partial charge in [0.25, 0.3) is 0 Å². The number of hydrogen-bond acceptors (Lipinski definition) is 3. The Morgan fingerprint density at radius 2 is 2.06 bits per heavy atom. The summed E-state index contributed by atoms with van der Waals surface area (Å²) in [4.78, 5) is 0. The maximum Gasteiger partial charge on any atom is 0.123 e. The molecule has 1 aromatic carbocycles. The van der Waals surface area contributed by atoms with Crippen LogP contribution in [-0.2, 0) is 0 Å². The number of benzene rings is 1. The predicted molar refractivity (Wildman–Crippen MR) is 67.7 cm³/mol. The van der Waals surface area contributed by atoms with Crippen molar-refractivity contribution in [3.05, 3.63) is 28.3 Å². The number of aryl methyl sites for hydroxylation is 1. The first kappa shape index (κ1) is 13.3. The maximum atomic E-state index is 9.89. The third-order valence-electron chi connectivity index (χ3n) is 2.66. The molecule has 0 radical (unpaired) electrons. The fourth-order valence-electron chi connectivity index (χ4n) is 1.71. The third kappa shape index (κ3) is 3.37. The zero-order chi connectivity index (χ0) is 12.1. The van der Waals surface area contributed by atoms with Gasteiger partial charge in [-0.2, -0.15) is 0 Å². The zero-order valence-electron chi connectivity index (χ0n) is 9.54. The Morgan fingerprint density at radius 3 is 2.69 bits per heavy atom. The molecule has 0 heterocycles. The van der Waals surface area contributed by atoms with E-state index in [9.17, 15) is 5.11 Å². The van der Waals surface area contributed by atoms with Crippen molar-refractivity contribution in [2.24, 2.45) is 11.5 Å². The highest BCUT2D eigenvalue weighted by molar-refractivity contribution is 6.30. The molecule has 0 aliphatic rings. The summed E-state index contributed by atoms with van der Waals surface area (Å²) in [5.74, 6) is 0.254. The first-order valence-electron chi connectivity index (χ1n) is 5.51. The van der Waals surface area contributed by atoms with Crippen LogP contribution in [0.3, 0.4) is 0 Å². The van der Waals surface area contributed by atoms with E-state index in [1.165, 1.54) is 0 Å². The van der Waals surface area contributed by atoms with Crippen molar-refractivity contribution >= 4 is 11.6 Å². The van der Waals surface area contributed by atoms with Crippen LogP contribution in [0.1, 0.15) is 36.4 Å². The molecule has 0 saturated carbocycles. The Balaban J connectivity index is 2.78. The summed E-state index contributed by atoms with van der Waals surface area (Å²) in [7, 11) is 0. The highest BCUT2D eigenvalue weighted by Crippen LogP contribution is 2.31. The predicted octanol–water partition coefficient (Wildman–Crippen LogP) is 2.48. The van der Waals surface area contributed by atoms with E-state index in [-0.39, 0.29) is 11.8 Å². The zero-order valence-corrected chi connectivity index (χ0v) is 10.3. The SMILES string of the molecule is Cc1cc(Cl)cc([C@H](N)CCCCN)c1O. The molecule has 1 aromatic rings. The number of aromatic hydroxyl groups is 1. The molecule has 0 unspecified atom stereocenters. The van der Waals surface area contributed by atoms with E-state index in [1.54, 1.807) is 12.1 Å². The number of halogens is 1. The summed E-state index contributed by atoms with van der Waals surface area (Å²) in [5.41, 5.74) is 12.9. The van der Waals surface area contributed by atoms with E-state index in [0.717, 1.165) is 30.4 Å². The topological polar surface area (TPSA) is 72.3 Å². The van der Waals surface area contributed by atoms with E-state index in [2.05, 4.69) is 0 Å². The lowest BCUT2D eigenvalue weighted by molar-refractivity contribution is 0.452. The van der Waals surface area contributed by atoms with Gasteiger partial charge in [-0.1, -0.05) is 18.0 Å². The van der Waals surface area contributed by atoms with Crippen molar-refractivity contribution in [2.45, 2.75) is 32.2 Å². The van der Waals surface area contributed by atoms with E-state index in [4.69, 9.17) is 23.1 Å². The van der Waals surface area contributed by atoms with Gasteiger partial charge in [0.05, 0.1) is 0 Å². The van der Waals surface area contributed by atoms with Crippen LogP contribution >= 0.6 is 11.6 Å². The molecule has 0 saturated heterocycles. The Kier molecular flexibility index (Phi) is 5.06. The molecular weight excluding hydrogens is 224 g/mol. The monoisotopic (exact) mass is 242 g/mol. The molecule has 0 fully saturated rings. The van der Waals surface area contributed by atoms with Crippen molar-refractivity contribution in [3.63, 3.8) is 0 Å². The lowest BCUT2D eigenvalue weighted by atomic mass is 9.99. The van der Waals surface area contributed by atoms with Crippen molar-refractivity contribution in [1.29, 1.82) is 0 Å². The van der Waals surface area contributed by atoms with Crippen molar-refractivity contribution in [1.82, 2.24) is 0 Å². The van der Waals surface area contributed by atoms with Crippen LogP contribution in [0.2, 0.25) is 5.02 Å². The minimum atomic E-state index is -0.177. The van der Waals surface area contributed by atoms with Crippen molar-refractivity contribution in [2.75, 3.05) is 6.54 Å². The van der Waals surface area contributed by atoms with Crippen LogP contribution < -0.4 is 11.5 Å². The molecule has 3 nitrogen and oxygen atoms in total. The average molecular weight is 243 g/mol. The summed E-state index contributed by atoms with van der Waals surface area (Å²) < 4.78 is 0. The van der Waals surface area contributed by atoms with E-state index in [0.29, 0.717) is 11.6 Å². The fourth-order valence-corrected chi connectivity index (χ4v) is 1.99. The van der Waals surface area contributed by atoms with Crippen molar-refractivity contribution in [3.8, 4) is 5.75 Å². The van der Waals surface area contributed by atoms with Crippen LogP contribution in [0.25, 0.3) is 0 Å². The molecule has 16 heavy (non-hydrogen) atoms. The molecule has 0 bridgehead atoms. The minimum absolute atomic E-state index is 0.177. The molecule has 4 heteroatoms. The van der Waals surface area contributed by atoms with Gasteiger partial charge in [0.15, 0.2) is 0 Å². The smallest absolute Gasteiger partial charge is 0.123 e. The molecule has 5 N–H and O–H groups in total. The minimum Gasteiger partial charge on any atom is -0.507 e. The summed E-state index contributed by atoms with van der Waals surface area (Å²) in [6.07, 6.45) is 2.72. The lowest BCUT2D eigenvalue weighted by Gasteiger charge is -2.15. The average Bonchev–Trinajstić information content (AvgIpc) is 2.23. The molecule has 0 aromatic heterocycles. The van der Waals surface area contributed by atoms with Crippen molar-refractivity contribution < 1.29 is 5.11 Å². The lowest BCUT2D eigenvalue weighted by Crippen LogP contribution is -2.11. The molecule has 0 aliphatic carbocycles. The quantitative estimate of drug-likeness (QED) is 0.695. The number of unbranched alkanes of at least 4 members (excludes halogenated alkanes) is 1. The largest absolute Gasteiger partial charge is 0.507 e. The number of phenolic OH excluding ortho intramolecular Hbond substituents is 1. The Morgan fingerprint density at radius 1 is 1.38 bits per heavy atom.